The van der Waals surface area contributed by atoms with Gasteiger partial charge in [0.2, 0.25) is 5.91 Å². The fraction of sp³-hybridized carbons (Fsp3) is 0.250. The van der Waals surface area contributed by atoms with Crippen molar-refractivity contribution in [3.63, 3.8) is 0 Å². The molecule has 2 aromatic rings. The molecule has 0 fully saturated rings. The number of aromatic nitrogens is 4. The Morgan fingerprint density at radius 3 is 2.90 bits per heavy atom. The summed E-state index contributed by atoms with van der Waals surface area (Å²) in [4.78, 5) is 26.5. The van der Waals surface area contributed by atoms with E-state index in [2.05, 4.69) is 20.6 Å². The first-order valence-electron chi connectivity index (χ1n) is 5.87. The minimum absolute atomic E-state index is 0.0911. The number of aromatic carboxylic acids is 1. The van der Waals surface area contributed by atoms with E-state index in [1.807, 2.05) is 19.1 Å². The van der Waals surface area contributed by atoms with E-state index in [4.69, 9.17) is 5.11 Å². The van der Waals surface area contributed by atoms with E-state index in [1.54, 1.807) is 6.20 Å². The second kappa shape index (κ2) is 5.91. The Morgan fingerprint density at radius 1 is 1.45 bits per heavy atom. The molecule has 0 aliphatic heterocycles. The molecule has 2 rings (SSSR count). The van der Waals surface area contributed by atoms with Crippen LogP contribution in [0.2, 0.25) is 0 Å². The summed E-state index contributed by atoms with van der Waals surface area (Å²) in [5.74, 6) is -1.47. The number of carboxylic acids is 1. The van der Waals surface area contributed by atoms with Crippen molar-refractivity contribution in [3.05, 3.63) is 41.5 Å². The Bertz CT molecular complexity index is 638. The van der Waals surface area contributed by atoms with E-state index < -0.39 is 5.97 Å². The van der Waals surface area contributed by atoms with Crippen LogP contribution in [0.3, 0.4) is 0 Å². The highest BCUT2D eigenvalue weighted by molar-refractivity contribution is 5.84. The number of hydrogen-bond donors (Lipinski definition) is 2. The Labute approximate surface area is 114 Å². The molecule has 0 aliphatic carbocycles. The average molecular weight is 275 g/mol. The number of carbonyl (C=O) groups excluding carboxylic acids is 1. The van der Waals surface area contributed by atoms with Crippen LogP contribution in [0.15, 0.2) is 24.5 Å². The highest BCUT2D eigenvalue weighted by Crippen LogP contribution is 2.02. The summed E-state index contributed by atoms with van der Waals surface area (Å²) in [6.07, 6.45) is 2.86. The molecule has 0 aromatic carbocycles. The molecule has 0 unspecified atom stereocenters. The lowest BCUT2D eigenvalue weighted by Gasteiger charge is -2.06. The summed E-state index contributed by atoms with van der Waals surface area (Å²) in [6, 6.07) is 3.73. The molecule has 104 valence electrons. The Morgan fingerprint density at radius 2 is 2.25 bits per heavy atom. The Kier molecular flexibility index (Phi) is 4.04. The maximum atomic E-state index is 11.7. The van der Waals surface area contributed by atoms with E-state index in [9.17, 15) is 9.59 Å². The second-order valence-corrected chi connectivity index (χ2v) is 4.15. The van der Waals surface area contributed by atoms with Crippen molar-refractivity contribution in [2.45, 2.75) is 20.0 Å². The van der Waals surface area contributed by atoms with Gasteiger partial charge in [0.1, 0.15) is 6.54 Å². The fourth-order valence-corrected chi connectivity index (χ4v) is 1.56. The number of pyridine rings is 1. The summed E-state index contributed by atoms with van der Waals surface area (Å²) >= 11 is 0. The van der Waals surface area contributed by atoms with Crippen LogP contribution in [0.25, 0.3) is 0 Å². The van der Waals surface area contributed by atoms with Gasteiger partial charge in [-0.2, -0.15) is 0 Å². The lowest BCUT2D eigenvalue weighted by Crippen LogP contribution is -2.28. The number of nitrogens with one attached hydrogen (secondary N) is 1. The van der Waals surface area contributed by atoms with Crippen molar-refractivity contribution in [3.8, 4) is 0 Å². The maximum absolute atomic E-state index is 11.7. The van der Waals surface area contributed by atoms with Crippen LogP contribution in [-0.4, -0.2) is 37.0 Å². The third-order valence-corrected chi connectivity index (χ3v) is 2.63. The summed E-state index contributed by atoms with van der Waals surface area (Å²) in [5, 5.41) is 18.4. The molecule has 0 aliphatic rings. The van der Waals surface area contributed by atoms with Gasteiger partial charge in [-0.05, 0) is 18.6 Å². The van der Waals surface area contributed by atoms with Crippen LogP contribution in [0.5, 0.6) is 0 Å². The van der Waals surface area contributed by atoms with Crippen LogP contribution in [0.1, 0.15) is 21.7 Å². The number of aryl methyl sites for hydroxylation is 1. The minimum atomic E-state index is -1.18. The van der Waals surface area contributed by atoms with Gasteiger partial charge in [0, 0.05) is 6.20 Å². The number of carbonyl (C=O) groups is 2. The van der Waals surface area contributed by atoms with Gasteiger partial charge in [0.15, 0.2) is 5.69 Å². The van der Waals surface area contributed by atoms with Crippen LogP contribution < -0.4 is 5.32 Å². The monoisotopic (exact) mass is 275 g/mol. The molecule has 2 N–H and O–H groups in total. The molecule has 1 amide bonds. The van der Waals surface area contributed by atoms with Crippen molar-refractivity contribution >= 4 is 11.9 Å². The van der Waals surface area contributed by atoms with Crippen molar-refractivity contribution in [2.75, 3.05) is 0 Å². The van der Waals surface area contributed by atoms with E-state index in [1.165, 1.54) is 10.9 Å². The molecule has 20 heavy (non-hydrogen) atoms. The van der Waals surface area contributed by atoms with Gasteiger partial charge >= 0.3 is 5.97 Å². The molecular weight excluding hydrogens is 262 g/mol. The number of nitrogens with zero attached hydrogens (tertiary/aromatic N) is 4. The number of amides is 1. The average Bonchev–Trinajstić information content (AvgIpc) is 2.86. The van der Waals surface area contributed by atoms with E-state index in [0.29, 0.717) is 6.54 Å². The molecule has 0 radical (unpaired) electrons. The lowest BCUT2D eigenvalue weighted by atomic mass is 10.2. The third kappa shape index (κ3) is 3.37. The van der Waals surface area contributed by atoms with Gasteiger partial charge in [0.25, 0.3) is 0 Å². The molecule has 8 nitrogen and oxygen atoms in total. The SMILES string of the molecule is Cc1cccnc1CNC(=O)Cn1cc(C(=O)O)nn1. The maximum Gasteiger partial charge on any atom is 0.358 e. The molecule has 0 saturated carbocycles. The van der Waals surface area contributed by atoms with E-state index in [-0.39, 0.29) is 18.1 Å². The zero-order valence-corrected chi connectivity index (χ0v) is 10.8. The van der Waals surface area contributed by atoms with Crippen LogP contribution in [0.4, 0.5) is 0 Å². The van der Waals surface area contributed by atoms with Gasteiger partial charge in [-0.3, -0.25) is 9.78 Å². The normalized spacial score (nSPS) is 10.2. The van der Waals surface area contributed by atoms with Crippen LogP contribution in [0, 0.1) is 6.92 Å². The molecule has 8 heteroatoms. The van der Waals surface area contributed by atoms with Gasteiger partial charge < -0.3 is 10.4 Å². The minimum Gasteiger partial charge on any atom is -0.476 e. The first kappa shape index (κ1) is 13.7. The van der Waals surface area contributed by atoms with Crippen molar-refractivity contribution < 1.29 is 14.7 Å². The predicted molar refractivity (Wildman–Crippen MR) is 67.8 cm³/mol. The number of rotatable bonds is 5. The summed E-state index contributed by atoms with van der Waals surface area (Å²) in [6.45, 7) is 2.13. The molecular formula is C12H13N5O3. The first-order chi connectivity index (χ1) is 9.56. The first-order valence-corrected chi connectivity index (χ1v) is 5.87. The van der Waals surface area contributed by atoms with Gasteiger partial charge in [0.05, 0.1) is 18.4 Å². The van der Waals surface area contributed by atoms with Gasteiger partial charge in [-0.15, -0.1) is 5.10 Å². The Hall–Kier alpha value is -2.77. The summed E-state index contributed by atoms with van der Waals surface area (Å²) in [7, 11) is 0. The molecule has 0 bridgehead atoms. The molecule has 2 aromatic heterocycles. The van der Waals surface area contributed by atoms with E-state index >= 15 is 0 Å². The van der Waals surface area contributed by atoms with Crippen LogP contribution >= 0.6 is 0 Å². The molecule has 0 saturated heterocycles. The van der Waals surface area contributed by atoms with Crippen molar-refractivity contribution in [2.24, 2.45) is 0 Å². The zero-order valence-electron chi connectivity index (χ0n) is 10.8. The van der Waals surface area contributed by atoms with Crippen LogP contribution in [-0.2, 0) is 17.9 Å². The van der Waals surface area contributed by atoms with E-state index in [0.717, 1.165) is 11.3 Å². The lowest BCUT2D eigenvalue weighted by molar-refractivity contribution is -0.122. The number of carboxylic acid groups (broad SMARTS) is 1. The standard InChI is InChI=1S/C12H13N5O3/c1-8-3-2-4-13-9(8)5-14-11(18)7-17-6-10(12(19)20)15-16-17/h2-4,6H,5,7H2,1H3,(H,14,18)(H,19,20). The quantitative estimate of drug-likeness (QED) is 0.794. The predicted octanol–water partition coefficient (Wildman–Crippen LogP) is -0.00388. The zero-order chi connectivity index (χ0) is 14.5. The van der Waals surface area contributed by atoms with Crippen molar-refractivity contribution in [1.82, 2.24) is 25.3 Å². The highest BCUT2D eigenvalue weighted by Gasteiger charge is 2.10. The molecule has 0 spiro atoms. The Balaban J connectivity index is 1.89. The molecule has 0 atom stereocenters. The van der Waals surface area contributed by atoms with Gasteiger partial charge in [-0.1, -0.05) is 11.3 Å². The third-order valence-electron chi connectivity index (χ3n) is 2.63. The highest BCUT2D eigenvalue weighted by atomic mass is 16.4. The van der Waals surface area contributed by atoms with Gasteiger partial charge in [-0.25, -0.2) is 9.48 Å². The smallest absolute Gasteiger partial charge is 0.358 e. The van der Waals surface area contributed by atoms with Crippen molar-refractivity contribution in [1.29, 1.82) is 0 Å². The topological polar surface area (TPSA) is 110 Å². The summed E-state index contributed by atoms with van der Waals surface area (Å²) in [5.41, 5.74) is 1.57. The largest absolute Gasteiger partial charge is 0.476 e. The second-order valence-electron chi connectivity index (χ2n) is 4.15. The fourth-order valence-electron chi connectivity index (χ4n) is 1.56. The summed E-state index contributed by atoms with van der Waals surface area (Å²) < 4.78 is 1.17. The molecule has 2 heterocycles. The number of hydrogen-bond acceptors (Lipinski definition) is 5.